The van der Waals surface area contributed by atoms with E-state index in [0.717, 1.165) is 0 Å². The summed E-state index contributed by atoms with van der Waals surface area (Å²) in [6.07, 6.45) is 1.20. The number of carbonyl (C=O) groups excluding carboxylic acids is 2. The normalized spacial score (nSPS) is 29.0. The van der Waals surface area contributed by atoms with Crippen LogP contribution in [0.2, 0.25) is 0 Å². The minimum Gasteiger partial charge on any atom is -0.465 e. The summed E-state index contributed by atoms with van der Waals surface area (Å²) in [6, 6.07) is 0. The maximum Gasteiger partial charge on any atom is 0.316 e. The Morgan fingerprint density at radius 1 is 1.67 bits per heavy atom. The van der Waals surface area contributed by atoms with Crippen LogP contribution in [0.4, 0.5) is 0 Å². The van der Waals surface area contributed by atoms with Gasteiger partial charge in [0.15, 0.2) is 0 Å². The van der Waals surface area contributed by atoms with Gasteiger partial charge in [-0.3, -0.25) is 9.59 Å². The molecule has 0 amide bonds. The minimum absolute atomic E-state index is 0.0425. The molecule has 0 saturated heterocycles. The Kier molecular flexibility index (Phi) is 2.84. The largest absolute Gasteiger partial charge is 0.465 e. The molecule has 2 atom stereocenters. The monoisotopic (exact) mass is 170 g/mol. The minimum atomic E-state index is -0.472. The van der Waals surface area contributed by atoms with Gasteiger partial charge in [-0.25, -0.2) is 0 Å². The van der Waals surface area contributed by atoms with Crippen molar-refractivity contribution in [3.8, 4) is 0 Å². The number of ketones is 1. The van der Waals surface area contributed by atoms with Gasteiger partial charge in [-0.2, -0.15) is 0 Å². The number of rotatable bonds is 2. The summed E-state index contributed by atoms with van der Waals surface area (Å²) in [6.45, 7) is 4.09. The fraction of sp³-hybridized carbons (Fsp3) is 0.778. The van der Waals surface area contributed by atoms with E-state index < -0.39 is 5.92 Å². The van der Waals surface area contributed by atoms with Gasteiger partial charge in [-0.15, -0.1) is 0 Å². The molecular formula is C9H14O3. The average molecular weight is 170 g/mol. The molecule has 3 heteroatoms. The molecule has 2 unspecified atom stereocenters. The lowest BCUT2D eigenvalue weighted by molar-refractivity contribution is -0.150. The van der Waals surface area contributed by atoms with E-state index in [1.165, 1.54) is 0 Å². The summed E-state index contributed by atoms with van der Waals surface area (Å²) >= 11 is 0. The van der Waals surface area contributed by atoms with Gasteiger partial charge in [0, 0.05) is 6.42 Å². The topological polar surface area (TPSA) is 43.4 Å². The summed E-state index contributed by atoms with van der Waals surface area (Å²) < 4.78 is 4.78. The summed E-state index contributed by atoms with van der Waals surface area (Å²) in [5.74, 6) is -0.431. The molecule has 0 aromatic rings. The van der Waals surface area contributed by atoms with E-state index in [0.29, 0.717) is 25.4 Å². The van der Waals surface area contributed by atoms with Crippen molar-refractivity contribution in [2.45, 2.75) is 26.7 Å². The fourth-order valence-electron chi connectivity index (χ4n) is 1.57. The van der Waals surface area contributed by atoms with E-state index in [1.807, 2.05) is 6.92 Å². The number of carbonyl (C=O) groups is 2. The lowest BCUT2D eigenvalue weighted by Gasteiger charge is -2.06. The highest BCUT2D eigenvalue weighted by molar-refractivity contribution is 6.00. The Morgan fingerprint density at radius 2 is 2.33 bits per heavy atom. The van der Waals surface area contributed by atoms with Crippen molar-refractivity contribution in [1.82, 2.24) is 0 Å². The quantitative estimate of drug-likeness (QED) is 0.461. The highest BCUT2D eigenvalue weighted by atomic mass is 16.5. The molecule has 0 spiro atoms. The average Bonchev–Trinajstić information content (AvgIpc) is 2.30. The van der Waals surface area contributed by atoms with Gasteiger partial charge in [-0.05, 0) is 19.3 Å². The Bertz CT molecular complexity index is 198. The standard InChI is InChI=1S/C9H14O3/c1-3-12-9(11)7-4-6(2)5-8(7)10/h6-7H,3-5H2,1-2H3. The third-order valence-electron chi connectivity index (χ3n) is 2.15. The van der Waals surface area contributed by atoms with Crippen LogP contribution in [0.3, 0.4) is 0 Å². The van der Waals surface area contributed by atoms with Crippen molar-refractivity contribution < 1.29 is 14.3 Å². The van der Waals surface area contributed by atoms with Crippen molar-refractivity contribution in [2.24, 2.45) is 11.8 Å². The van der Waals surface area contributed by atoms with E-state index in [2.05, 4.69) is 0 Å². The van der Waals surface area contributed by atoms with Gasteiger partial charge in [0.1, 0.15) is 11.7 Å². The molecule has 0 aliphatic heterocycles. The van der Waals surface area contributed by atoms with E-state index >= 15 is 0 Å². The number of hydrogen-bond acceptors (Lipinski definition) is 3. The molecular weight excluding hydrogens is 156 g/mol. The maximum absolute atomic E-state index is 11.2. The molecule has 0 bridgehead atoms. The highest BCUT2D eigenvalue weighted by Crippen LogP contribution is 2.27. The van der Waals surface area contributed by atoms with Crippen molar-refractivity contribution in [3.05, 3.63) is 0 Å². The number of hydrogen-bond donors (Lipinski definition) is 0. The zero-order chi connectivity index (χ0) is 9.14. The smallest absolute Gasteiger partial charge is 0.316 e. The van der Waals surface area contributed by atoms with Crippen LogP contribution in [-0.2, 0) is 14.3 Å². The second-order valence-corrected chi connectivity index (χ2v) is 3.32. The third kappa shape index (κ3) is 1.84. The lowest BCUT2D eigenvalue weighted by Crippen LogP contribution is -2.21. The third-order valence-corrected chi connectivity index (χ3v) is 2.15. The molecule has 3 nitrogen and oxygen atoms in total. The molecule has 12 heavy (non-hydrogen) atoms. The van der Waals surface area contributed by atoms with Crippen LogP contribution in [0.25, 0.3) is 0 Å². The first-order valence-electron chi connectivity index (χ1n) is 4.34. The first-order valence-corrected chi connectivity index (χ1v) is 4.34. The molecule has 1 fully saturated rings. The van der Waals surface area contributed by atoms with Crippen LogP contribution >= 0.6 is 0 Å². The lowest BCUT2D eigenvalue weighted by atomic mass is 10.1. The van der Waals surface area contributed by atoms with E-state index in [4.69, 9.17) is 4.74 Å². The molecule has 0 N–H and O–H groups in total. The van der Waals surface area contributed by atoms with Crippen LogP contribution in [-0.4, -0.2) is 18.4 Å². The van der Waals surface area contributed by atoms with E-state index in [1.54, 1.807) is 6.92 Å². The van der Waals surface area contributed by atoms with Gasteiger partial charge in [0.05, 0.1) is 6.61 Å². The number of esters is 1. The molecule has 68 valence electrons. The number of ether oxygens (including phenoxy) is 1. The molecule has 1 rings (SSSR count). The predicted octanol–water partition coefficient (Wildman–Crippen LogP) is 1.16. The van der Waals surface area contributed by atoms with Crippen LogP contribution in [0.5, 0.6) is 0 Å². The summed E-state index contributed by atoms with van der Waals surface area (Å²) in [7, 11) is 0. The second kappa shape index (κ2) is 3.70. The van der Waals surface area contributed by atoms with Crippen molar-refractivity contribution in [2.75, 3.05) is 6.61 Å². The van der Waals surface area contributed by atoms with Crippen LogP contribution in [0.15, 0.2) is 0 Å². The van der Waals surface area contributed by atoms with Crippen LogP contribution in [0.1, 0.15) is 26.7 Å². The van der Waals surface area contributed by atoms with Gasteiger partial charge in [0.2, 0.25) is 0 Å². The highest BCUT2D eigenvalue weighted by Gasteiger charge is 2.36. The van der Waals surface area contributed by atoms with Crippen molar-refractivity contribution >= 4 is 11.8 Å². The summed E-state index contributed by atoms with van der Waals surface area (Å²) in [5, 5.41) is 0. The molecule has 0 heterocycles. The maximum atomic E-state index is 11.2. The molecule has 1 aliphatic rings. The van der Waals surface area contributed by atoms with Crippen LogP contribution < -0.4 is 0 Å². The number of Topliss-reactive ketones (excluding diaryl/α,β-unsaturated/α-hetero) is 1. The SMILES string of the molecule is CCOC(=O)C1CC(C)CC1=O. The van der Waals surface area contributed by atoms with Gasteiger partial charge in [-0.1, -0.05) is 6.92 Å². The Labute approximate surface area is 72.1 Å². The Hall–Kier alpha value is -0.860. The van der Waals surface area contributed by atoms with E-state index in [9.17, 15) is 9.59 Å². The molecule has 0 aromatic heterocycles. The van der Waals surface area contributed by atoms with E-state index in [-0.39, 0.29) is 11.8 Å². The molecule has 0 radical (unpaired) electrons. The first kappa shape index (κ1) is 9.23. The van der Waals surface area contributed by atoms with Crippen molar-refractivity contribution in [1.29, 1.82) is 0 Å². The zero-order valence-electron chi connectivity index (χ0n) is 7.50. The molecule has 0 aromatic carbocycles. The van der Waals surface area contributed by atoms with Gasteiger partial charge < -0.3 is 4.74 Å². The summed E-state index contributed by atoms with van der Waals surface area (Å²) in [4.78, 5) is 22.4. The second-order valence-electron chi connectivity index (χ2n) is 3.32. The molecule has 1 saturated carbocycles. The zero-order valence-corrected chi connectivity index (χ0v) is 7.50. The summed E-state index contributed by atoms with van der Waals surface area (Å²) in [5.41, 5.74) is 0. The Balaban J connectivity index is 2.52. The van der Waals surface area contributed by atoms with Gasteiger partial charge in [0.25, 0.3) is 0 Å². The Morgan fingerprint density at radius 3 is 2.75 bits per heavy atom. The van der Waals surface area contributed by atoms with Crippen molar-refractivity contribution in [3.63, 3.8) is 0 Å². The van der Waals surface area contributed by atoms with Crippen LogP contribution in [0, 0.1) is 11.8 Å². The fourth-order valence-corrected chi connectivity index (χ4v) is 1.57. The molecule has 1 aliphatic carbocycles. The predicted molar refractivity (Wildman–Crippen MR) is 43.5 cm³/mol. The first-order chi connectivity index (χ1) is 5.65. The van der Waals surface area contributed by atoms with Gasteiger partial charge >= 0.3 is 5.97 Å².